The van der Waals surface area contributed by atoms with Crippen LogP contribution in [0.4, 0.5) is 9.18 Å². The Morgan fingerprint density at radius 3 is 2.42 bits per heavy atom. The maximum absolute atomic E-state index is 14.0. The highest BCUT2D eigenvalue weighted by atomic mass is 79.9. The standard InChI is InChI=1S/C32H37BrFN5O4/c1-6-25(26-19-27-28(33)21(2)36-39(27)31(42)38(26)20-22-11-8-7-9-12-22)37(29(40)23-13-15-24(34)16-14-23)18-10-17-35-30(41)43-32(3,4)5/h7-9,11-16,19,25H,6,10,17-18,20H2,1-5H3,(H,35,41). The highest BCUT2D eigenvalue weighted by Crippen LogP contribution is 2.30. The van der Waals surface area contributed by atoms with Gasteiger partial charge in [0.25, 0.3) is 5.91 Å². The Morgan fingerprint density at radius 2 is 1.79 bits per heavy atom. The van der Waals surface area contributed by atoms with Gasteiger partial charge in [-0.05, 0) is 92.4 Å². The molecule has 43 heavy (non-hydrogen) atoms. The van der Waals surface area contributed by atoms with Gasteiger partial charge >= 0.3 is 11.8 Å². The summed E-state index contributed by atoms with van der Waals surface area (Å²) in [5.41, 5.74) is 2.18. The van der Waals surface area contributed by atoms with Gasteiger partial charge in [-0.3, -0.25) is 9.36 Å². The molecule has 1 atom stereocenters. The van der Waals surface area contributed by atoms with Crippen molar-refractivity contribution in [2.24, 2.45) is 0 Å². The highest BCUT2D eigenvalue weighted by Gasteiger charge is 2.29. The molecule has 2 heterocycles. The van der Waals surface area contributed by atoms with E-state index in [9.17, 15) is 18.8 Å². The van der Waals surface area contributed by atoms with Gasteiger partial charge in [-0.1, -0.05) is 37.3 Å². The van der Waals surface area contributed by atoms with Gasteiger partial charge in [0.15, 0.2) is 0 Å². The molecule has 0 radical (unpaired) electrons. The predicted molar refractivity (Wildman–Crippen MR) is 167 cm³/mol. The molecule has 0 bridgehead atoms. The average molecular weight is 655 g/mol. The monoisotopic (exact) mass is 653 g/mol. The van der Waals surface area contributed by atoms with Crippen molar-refractivity contribution in [2.45, 2.75) is 65.6 Å². The zero-order valence-electron chi connectivity index (χ0n) is 25.1. The number of hydrogen-bond acceptors (Lipinski definition) is 5. The third-order valence-corrected chi connectivity index (χ3v) is 7.89. The van der Waals surface area contributed by atoms with Gasteiger partial charge in [0.05, 0.1) is 28.3 Å². The Kier molecular flexibility index (Phi) is 10.1. The summed E-state index contributed by atoms with van der Waals surface area (Å²) in [5.74, 6) is -0.758. The first kappa shape index (κ1) is 31.9. The largest absolute Gasteiger partial charge is 0.444 e. The van der Waals surface area contributed by atoms with Crippen molar-refractivity contribution in [1.82, 2.24) is 24.4 Å². The minimum Gasteiger partial charge on any atom is -0.444 e. The number of hydrogen-bond donors (Lipinski definition) is 1. The van der Waals surface area contributed by atoms with Crippen molar-refractivity contribution in [3.63, 3.8) is 0 Å². The molecule has 2 aromatic heterocycles. The van der Waals surface area contributed by atoms with Crippen LogP contribution in [0.25, 0.3) is 5.52 Å². The minimum atomic E-state index is -0.636. The Labute approximate surface area is 258 Å². The van der Waals surface area contributed by atoms with Crippen molar-refractivity contribution in [3.05, 3.63) is 104 Å². The van der Waals surface area contributed by atoms with Gasteiger partial charge in [0.2, 0.25) is 0 Å². The number of aromatic nitrogens is 3. The predicted octanol–water partition coefficient (Wildman–Crippen LogP) is 6.26. The summed E-state index contributed by atoms with van der Waals surface area (Å²) in [6.45, 7) is 9.92. The molecule has 0 saturated heterocycles. The van der Waals surface area contributed by atoms with Crippen LogP contribution in [0.5, 0.6) is 0 Å². The number of rotatable bonds is 10. The Bertz CT molecular complexity index is 1650. The highest BCUT2D eigenvalue weighted by molar-refractivity contribution is 9.10. The normalized spacial score (nSPS) is 12.3. The van der Waals surface area contributed by atoms with Gasteiger partial charge < -0.3 is 15.0 Å². The number of nitrogens with one attached hydrogen (secondary N) is 1. The van der Waals surface area contributed by atoms with E-state index in [1.807, 2.05) is 50.2 Å². The van der Waals surface area contributed by atoms with Crippen molar-refractivity contribution in [1.29, 1.82) is 0 Å². The van der Waals surface area contributed by atoms with E-state index in [0.717, 1.165) is 5.56 Å². The molecule has 0 fully saturated rings. The fraction of sp³-hybridized carbons (Fsp3) is 0.375. The maximum Gasteiger partial charge on any atom is 0.407 e. The van der Waals surface area contributed by atoms with E-state index in [1.165, 1.54) is 28.8 Å². The van der Waals surface area contributed by atoms with Gasteiger partial charge in [-0.2, -0.15) is 9.61 Å². The molecule has 0 spiro atoms. The molecule has 11 heteroatoms. The van der Waals surface area contributed by atoms with Crippen molar-refractivity contribution < 1.29 is 18.7 Å². The summed E-state index contributed by atoms with van der Waals surface area (Å²) in [7, 11) is 0. The van der Waals surface area contributed by atoms with Gasteiger partial charge in [-0.15, -0.1) is 0 Å². The van der Waals surface area contributed by atoms with E-state index < -0.39 is 23.6 Å². The molecule has 2 amide bonds. The molecule has 4 aromatic rings. The van der Waals surface area contributed by atoms with Crippen LogP contribution in [0, 0.1) is 12.7 Å². The lowest BCUT2D eigenvalue weighted by Crippen LogP contribution is -2.41. The fourth-order valence-corrected chi connectivity index (χ4v) is 5.30. The second-order valence-electron chi connectivity index (χ2n) is 11.3. The number of fused-ring (bicyclic) bond motifs is 1. The Balaban J connectivity index is 1.76. The first-order valence-electron chi connectivity index (χ1n) is 14.3. The first-order valence-corrected chi connectivity index (χ1v) is 15.0. The SMILES string of the molecule is CCC(c1cc2c(Br)c(C)nn2c(=O)n1Cc1ccccc1)N(CCCNC(=O)OC(C)(C)C)C(=O)c1ccc(F)cc1. The zero-order chi connectivity index (χ0) is 31.3. The molecule has 4 rings (SSSR count). The van der Waals surface area contributed by atoms with Crippen LogP contribution in [0.3, 0.4) is 0 Å². The number of benzene rings is 2. The third kappa shape index (κ3) is 7.70. The molecule has 0 aliphatic carbocycles. The maximum atomic E-state index is 14.0. The van der Waals surface area contributed by atoms with E-state index in [4.69, 9.17) is 4.74 Å². The second kappa shape index (κ2) is 13.5. The number of alkyl carbamates (subject to hydrolysis) is 1. The number of carbonyl (C=O) groups excluding carboxylic acids is 2. The molecule has 1 N–H and O–H groups in total. The number of aryl methyl sites for hydroxylation is 1. The zero-order valence-corrected chi connectivity index (χ0v) is 26.7. The topological polar surface area (TPSA) is 97.9 Å². The van der Waals surface area contributed by atoms with Crippen LogP contribution in [0.1, 0.15) is 73.9 Å². The molecule has 0 aliphatic heterocycles. The van der Waals surface area contributed by atoms with Crippen LogP contribution in [0.2, 0.25) is 0 Å². The lowest BCUT2D eigenvalue weighted by Gasteiger charge is -2.33. The van der Waals surface area contributed by atoms with Crippen LogP contribution < -0.4 is 11.0 Å². The van der Waals surface area contributed by atoms with E-state index in [1.54, 1.807) is 30.2 Å². The van der Waals surface area contributed by atoms with Gasteiger partial charge in [-0.25, -0.2) is 14.0 Å². The van der Waals surface area contributed by atoms with Gasteiger partial charge in [0, 0.05) is 24.3 Å². The summed E-state index contributed by atoms with van der Waals surface area (Å²) in [4.78, 5) is 41.8. The average Bonchev–Trinajstić information content (AvgIpc) is 3.25. The lowest BCUT2D eigenvalue weighted by molar-refractivity contribution is 0.0523. The van der Waals surface area contributed by atoms with Crippen molar-refractivity contribution >= 4 is 33.4 Å². The van der Waals surface area contributed by atoms with E-state index in [-0.39, 0.29) is 31.2 Å². The smallest absolute Gasteiger partial charge is 0.407 e. The van der Waals surface area contributed by atoms with E-state index in [0.29, 0.717) is 39.8 Å². The third-order valence-electron chi connectivity index (χ3n) is 6.91. The molecule has 1 unspecified atom stereocenters. The summed E-state index contributed by atoms with van der Waals surface area (Å²) in [6.07, 6.45) is 0.365. The summed E-state index contributed by atoms with van der Waals surface area (Å²) < 4.78 is 22.8. The van der Waals surface area contributed by atoms with Crippen molar-refractivity contribution in [2.75, 3.05) is 13.1 Å². The molecule has 0 saturated carbocycles. The summed E-state index contributed by atoms with van der Waals surface area (Å²) >= 11 is 3.58. The molecule has 0 aliphatic rings. The number of amides is 2. The fourth-order valence-electron chi connectivity index (χ4n) is 4.94. The Hall–Kier alpha value is -3.99. The first-order chi connectivity index (χ1) is 20.4. The minimum absolute atomic E-state index is 0.259. The second-order valence-corrected chi connectivity index (χ2v) is 12.1. The van der Waals surface area contributed by atoms with Crippen LogP contribution in [0.15, 0.2) is 69.9 Å². The summed E-state index contributed by atoms with van der Waals surface area (Å²) in [5, 5.41) is 7.19. The number of carbonyl (C=O) groups is 2. The van der Waals surface area contributed by atoms with E-state index >= 15 is 0 Å². The molecule has 2 aromatic carbocycles. The molecular formula is C32H37BrFN5O4. The van der Waals surface area contributed by atoms with Crippen LogP contribution in [-0.2, 0) is 11.3 Å². The quantitative estimate of drug-likeness (QED) is 0.204. The van der Waals surface area contributed by atoms with Crippen LogP contribution in [-0.4, -0.2) is 49.8 Å². The van der Waals surface area contributed by atoms with Gasteiger partial charge in [0.1, 0.15) is 11.4 Å². The number of ether oxygens (including phenoxy) is 1. The van der Waals surface area contributed by atoms with Crippen LogP contribution >= 0.6 is 15.9 Å². The van der Waals surface area contributed by atoms with Crippen molar-refractivity contribution in [3.8, 4) is 0 Å². The molecule has 9 nitrogen and oxygen atoms in total. The molecular weight excluding hydrogens is 617 g/mol. The lowest BCUT2D eigenvalue weighted by atomic mass is 10.0. The number of nitrogens with zero attached hydrogens (tertiary/aromatic N) is 4. The molecule has 228 valence electrons. The number of halogens is 2. The van der Waals surface area contributed by atoms with E-state index in [2.05, 4.69) is 26.3 Å². The summed E-state index contributed by atoms with van der Waals surface area (Å²) in [6, 6.07) is 16.4. The Morgan fingerprint density at radius 1 is 1.12 bits per heavy atom.